The van der Waals surface area contributed by atoms with Crippen LogP contribution >= 0.6 is 0 Å². The summed E-state index contributed by atoms with van der Waals surface area (Å²) >= 11 is 0. The van der Waals surface area contributed by atoms with E-state index in [1.165, 1.54) is 0 Å². The van der Waals surface area contributed by atoms with E-state index in [0.717, 1.165) is 11.3 Å². The van der Waals surface area contributed by atoms with Gasteiger partial charge in [0.05, 0.1) is 5.69 Å². The molecule has 0 unspecified atom stereocenters. The largest absolute Gasteiger partial charge is 0.389 e. The second-order valence-corrected chi connectivity index (χ2v) is 4.31. The molecule has 1 heterocycles. The van der Waals surface area contributed by atoms with Gasteiger partial charge in [0.15, 0.2) is 5.82 Å². The third kappa shape index (κ3) is 4.37. The number of nitrogens with zero attached hydrogens (tertiary/aromatic N) is 3. The first-order chi connectivity index (χ1) is 9.42. The second kappa shape index (κ2) is 7.08. The van der Waals surface area contributed by atoms with Gasteiger partial charge in [-0.1, -0.05) is 13.8 Å². The van der Waals surface area contributed by atoms with Crippen LogP contribution in [0, 0.1) is 11.3 Å². The van der Waals surface area contributed by atoms with Crippen LogP contribution in [0.4, 0.5) is 19.0 Å². The minimum absolute atomic E-state index is 0.0625. The van der Waals surface area contributed by atoms with Crippen molar-refractivity contribution >= 4 is 5.82 Å². The Balaban J connectivity index is 2.79. The Labute approximate surface area is 116 Å². The summed E-state index contributed by atoms with van der Waals surface area (Å²) in [7, 11) is 0. The molecule has 0 aliphatic heterocycles. The SMILES string of the molecule is CCc1nnc(NCCCC(F)(F)F)c(C#N)c1CC. The first-order valence-corrected chi connectivity index (χ1v) is 6.52. The van der Waals surface area contributed by atoms with Gasteiger partial charge < -0.3 is 5.32 Å². The van der Waals surface area contributed by atoms with E-state index in [1.807, 2.05) is 13.8 Å². The Kier molecular flexibility index (Phi) is 5.74. The van der Waals surface area contributed by atoms with Crippen molar-refractivity contribution in [2.75, 3.05) is 11.9 Å². The van der Waals surface area contributed by atoms with Crippen LogP contribution < -0.4 is 5.32 Å². The van der Waals surface area contributed by atoms with E-state index in [2.05, 4.69) is 21.6 Å². The summed E-state index contributed by atoms with van der Waals surface area (Å²) in [5.74, 6) is 0.267. The maximum atomic E-state index is 12.0. The molecule has 0 bridgehead atoms. The second-order valence-electron chi connectivity index (χ2n) is 4.31. The van der Waals surface area contributed by atoms with Crippen molar-refractivity contribution in [3.05, 3.63) is 16.8 Å². The molecular weight excluding hydrogens is 269 g/mol. The predicted octanol–water partition coefficient (Wildman–Crippen LogP) is 3.23. The van der Waals surface area contributed by atoms with Crippen LogP contribution in [-0.4, -0.2) is 22.9 Å². The highest BCUT2D eigenvalue weighted by molar-refractivity contribution is 5.56. The molecule has 0 radical (unpaired) electrons. The first-order valence-electron chi connectivity index (χ1n) is 6.52. The molecule has 0 saturated carbocycles. The van der Waals surface area contributed by atoms with Crippen LogP contribution in [0.3, 0.4) is 0 Å². The van der Waals surface area contributed by atoms with Crippen molar-refractivity contribution in [3.63, 3.8) is 0 Å². The van der Waals surface area contributed by atoms with Crippen LogP contribution in [-0.2, 0) is 12.8 Å². The lowest BCUT2D eigenvalue weighted by molar-refractivity contribution is -0.134. The standard InChI is InChI=1S/C13H17F3N4/c1-3-9-10(8-17)12(20-19-11(9)4-2)18-7-5-6-13(14,15)16/h3-7H2,1-2H3,(H,18,20). The van der Waals surface area contributed by atoms with E-state index in [4.69, 9.17) is 0 Å². The molecule has 7 heteroatoms. The van der Waals surface area contributed by atoms with E-state index in [0.29, 0.717) is 18.4 Å². The minimum atomic E-state index is -4.16. The Bertz CT molecular complexity index is 492. The highest BCUT2D eigenvalue weighted by Gasteiger charge is 2.26. The molecule has 110 valence electrons. The van der Waals surface area contributed by atoms with Gasteiger partial charge in [0, 0.05) is 13.0 Å². The van der Waals surface area contributed by atoms with Crippen molar-refractivity contribution in [2.24, 2.45) is 0 Å². The van der Waals surface area contributed by atoms with Gasteiger partial charge in [-0.15, -0.1) is 5.10 Å². The number of aryl methyl sites for hydroxylation is 1. The van der Waals surface area contributed by atoms with Crippen molar-refractivity contribution in [2.45, 2.75) is 45.7 Å². The van der Waals surface area contributed by atoms with Gasteiger partial charge in [0.25, 0.3) is 0 Å². The lowest BCUT2D eigenvalue weighted by Gasteiger charge is -2.12. The zero-order valence-corrected chi connectivity index (χ0v) is 11.5. The Morgan fingerprint density at radius 1 is 1.20 bits per heavy atom. The average Bonchev–Trinajstić information content (AvgIpc) is 2.41. The minimum Gasteiger partial charge on any atom is -0.367 e. The summed E-state index contributed by atoms with van der Waals surface area (Å²) in [4.78, 5) is 0. The molecule has 0 amide bonds. The quantitative estimate of drug-likeness (QED) is 0.816. The summed E-state index contributed by atoms with van der Waals surface area (Å²) in [5, 5.41) is 19.9. The first kappa shape index (κ1) is 16.2. The van der Waals surface area contributed by atoms with Crippen molar-refractivity contribution in [3.8, 4) is 6.07 Å². The molecule has 1 aromatic rings. The molecule has 0 atom stereocenters. The smallest absolute Gasteiger partial charge is 0.367 e. The number of aromatic nitrogens is 2. The lowest BCUT2D eigenvalue weighted by Crippen LogP contribution is -2.14. The van der Waals surface area contributed by atoms with Crippen molar-refractivity contribution in [1.29, 1.82) is 5.26 Å². The van der Waals surface area contributed by atoms with Gasteiger partial charge in [0.1, 0.15) is 11.6 Å². The molecule has 1 aromatic heterocycles. The number of halogens is 3. The number of rotatable bonds is 6. The van der Waals surface area contributed by atoms with E-state index in [-0.39, 0.29) is 18.8 Å². The molecule has 1 rings (SSSR count). The van der Waals surface area contributed by atoms with Crippen molar-refractivity contribution < 1.29 is 13.2 Å². The average molecular weight is 286 g/mol. The molecule has 0 aromatic carbocycles. The third-order valence-corrected chi connectivity index (χ3v) is 2.89. The maximum absolute atomic E-state index is 12.0. The predicted molar refractivity (Wildman–Crippen MR) is 69.3 cm³/mol. The number of nitriles is 1. The monoisotopic (exact) mass is 286 g/mol. The van der Waals surface area contributed by atoms with E-state index >= 15 is 0 Å². The summed E-state index contributed by atoms with van der Waals surface area (Å²) in [6.45, 7) is 3.93. The normalized spacial score (nSPS) is 11.2. The fourth-order valence-corrected chi connectivity index (χ4v) is 1.91. The number of alkyl halides is 3. The molecule has 1 N–H and O–H groups in total. The van der Waals surface area contributed by atoms with Crippen LogP contribution in [0.15, 0.2) is 0 Å². The van der Waals surface area contributed by atoms with Gasteiger partial charge in [-0.2, -0.15) is 23.5 Å². The summed E-state index contributed by atoms with van der Waals surface area (Å²) in [6.07, 6.45) is -3.78. The zero-order chi connectivity index (χ0) is 15.2. The van der Waals surface area contributed by atoms with E-state index in [9.17, 15) is 18.4 Å². The molecule has 4 nitrogen and oxygen atoms in total. The topological polar surface area (TPSA) is 61.6 Å². The summed E-state index contributed by atoms with van der Waals surface area (Å²) in [6, 6.07) is 2.06. The van der Waals surface area contributed by atoms with Crippen LogP contribution in [0.1, 0.15) is 43.5 Å². The molecular formula is C13H17F3N4. The molecule has 0 aliphatic carbocycles. The Hall–Kier alpha value is -1.84. The van der Waals surface area contributed by atoms with Crippen LogP contribution in [0.5, 0.6) is 0 Å². The molecule has 0 fully saturated rings. The number of hydrogen-bond donors (Lipinski definition) is 1. The highest BCUT2D eigenvalue weighted by Crippen LogP contribution is 2.22. The number of hydrogen-bond acceptors (Lipinski definition) is 4. The van der Waals surface area contributed by atoms with Gasteiger partial charge in [0.2, 0.25) is 0 Å². The molecule has 0 saturated heterocycles. The zero-order valence-electron chi connectivity index (χ0n) is 11.5. The van der Waals surface area contributed by atoms with Gasteiger partial charge >= 0.3 is 6.18 Å². The Morgan fingerprint density at radius 2 is 1.90 bits per heavy atom. The highest BCUT2D eigenvalue weighted by atomic mass is 19.4. The van der Waals surface area contributed by atoms with Gasteiger partial charge in [-0.25, -0.2) is 0 Å². The maximum Gasteiger partial charge on any atom is 0.389 e. The van der Waals surface area contributed by atoms with Crippen molar-refractivity contribution in [1.82, 2.24) is 10.2 Å². The van der Waals surface area contributed by atoms with Gasteiger partial charge in [-0.3, -0.25) is 0 Å². The third-order valence-electron chi connectivity index (χ3n) is 2.89. The number of nitrogens with one attached hydrogen (secondary N) is 1. The lowest BCUT2D eigenvalue weighted by atomic mass is 10.0. The summed E-state index contributed by atoms with van der Waals surface area (Å²) in [5.41, 5.74) is 1.94. The molecule has 0 aliphatic rings. The van der Waals surface area contributed by atoms with Gasteiger partial charge in [-0.05, 0) is 24.8 Å². The Morgan fingerprint density at radius 3 is 2.40 bits per heavy atom. The summed E-state index contributed by atoms with van der Waals surface area (Å²) < 4.78 is 36.1. The van der Waals surface area contributed by atoms with E-state index in [1.54, 1.807) is 0 Å². The molecule has 0 spiro atoms. The fraction of sp³-hybridized carbons (Fsp3) is 0.615. The molecule has 20 heavy (non-hydrogen) atoms. The van der Waals surface area contributed by atoms with E-state index < -0.39 is 12.6 Å². The fourth-order valence-electron chi connectivity index (χ4n) is 1.91. The van der Waals surface area contributed by atoms with Crippen LogP contribution in [0.25, 0.3) is 0 Å². The number of anilines is 1. The van der Waals surface area contributed by atoms with Crippen LogP contribution in [0.2, 0.25) is 0 Å².